The van der Waals surface area contributed by atoms with E-state index in [9.17, 15) is 0 Å². The number of para-hydroxylation sites is 3. The van der Waals surface area contributed by atoms with Crippen LogP contribution in [0.5, 0.6) is 0 Å². The predicted octanol–water partition coefficient (Wildman–Crippen LogP) is 16.7. The number of nitrogens with zero attached hydrogens (tertiary/aromatic N) is 4. The lowest BCUT2D eigenvalue weighted by Gasteiger charge is -2.17. The van der Waals surface area contributed by atoms with Gasteiger partial charge in [-0.15, -0.1) is 0 Å². The third-order valence-corrected chi connectivity index (χ3v) is 13.6. The van der Waals surface area contributed by atoms with Crippen LogP contribution in [0.1, 0.15) is 0 Å². The lowest BCUT2D eigenvalue weighted by molar-refractivity contribution is 0.670. The molecule has 0 aliphatic rings. The van der Waals surface area contributed by atoms with Crippen molar-refractivity contribution in [3.63, 3.8) is 0 Å². The molecule has 0 spiro atoms. The van der Waals surface area contributed by atoms with E-state index in [1.165, 1.54) is 43.1 Å². The Bertz CT molecular complexity index is 4180. The molecule has 0 aliphatic heterocycles. The zero-order valence-electron chi connectivity index (χ0n) is 36.6. The number of benzene rings is 11. The fourth-order valence-corrected chi connectivity index (χ4v) is 10.5. The summed E-state index contributed by atoms with van der Waals surface area (Å²) < 4.78 is 9.32. The van der Waals surface area contributed by atoms with Gasteiger partial charge in [-0.25, -0.2) is 15.0 Å². The normalized spacial score (nSPS) is 11.8. The lowest BCUT2D eigenvalue weighted by atomic mass is 9.90. The summed E-state index contributed by atoms with van der Waals surface area (Å²) >= 11 is 0. The van der Waals surface area contributed by atoms with Gasteiger partial charge in [0.05, 0.1) is 11.0 Å². The van der Waals surface area contributed by atoms with Gasteiger partial charge >= 0.3 is 0 Å². The summed E-state index contributed by atoms with van der Waals surface area (Å²) in [4.78, 5) is 15.8. The zero-order valence-corrected chi connectivity index (χ0v) is 36.6. The standard InChI is InChI=1S/C63H38N4O/c1-3-17-39(18-4-1)61-64-62(40-19-5-2-6-20-40)66-63(65-61)56-36-42(41-31-33-48-46-23-8-7-21-44(46)45-22-9-10-24-47(45)53(48)35-41)32-34-49(56)54-37-43(38-55-52-27-13-16-30-59(52)68-60(54)55)67-57-28-14-11-25-50(57)51-26-12-15-29-58(51)67/h1-38H. The summed E-state index contributed by atoms with van der Waals surface area (Å²) in [7, 11) is 0. The minimum absolute atomic E-state index is 0.568. The molecule has 0 fully saturated rings. The van der Waals surface area contributed by atoms with Crippen LogP contribution in [-0.2, 0) is 0 Å². The van der Waals surface area contributed by atoms with Gasteiger partial charge in [0.2, 0.25) is 0 Å². The van der Waals surface area contributed by atoms with E-state index in [1.807, 2.05) is 42.5 Å². The molecule has 0 radical (unpaired) electrons. The molecule has 0 aliphatic carbocycles. The van der Waals surface area contributed by atoms with Crippen LogP contribution >= 0.6 is 0 Å². The van der Waals surface area contributed by atoms with Crippen LogP contribution in [0.3, 0.4) is 0 Å². The molecule has 5 heteroatoms. The summed E-state index contributed by atoms with van der Waals surface area (Å²) in [5.74, 6) is 1.77. The quantitative estimate of drug-likeness (QED) is 0.156. The van der Waals surface area contributed by atoms with Crippen LogP contribution in [0, 0.1) is 0 Å². The van der Waals surface area contributed by atoms with Gasteiger partial charge in [0.25, 0.3) is 0 Å². The molecule has 316 valence electrons. The largest absolute Gasteiger partial charge is 0.455 e. The van der Waals surface area contributed by atoms with Crippen LogP contribution < -0.4 is 0 Å². The maximum Gasteiger partial charge on any atom is 0.164 e. The summed E-state index contributed by atoms with van der Waals surface area (Å²) in [6.07, 6.45) is 0. The van der Waals surface area contributed by atoms with E-state index in [0.717, 1.165) is 77.6 Å². The van der Waals surface area contributed by atoms with Gasteiger partial charge in [0.1, 0.15) is 11.2 Å². The van der Waals surface area contributed by atoms with Crippen molar-refractivity contribution in [2.45, 2.75) is 0 Å². The van der Waals surface area contributed by atoms with Crippen molar-refractivity contribution in [3.8, 4) is 62.1 Å². The Morgan fingerprint density at radius 2 is 0.750 bits per heavy atom. The van der Waals surface area contributed by atoms with Gasteiger partial charge in [-0.1, -0.05) is 188 Å². The number of hydrogen-bond acceptors (Lipinski definition) is 4. The molecule has 3 aromatic heterocycles. The number of rotatable bonds is 6. The number of fused-ring (bicyclic) bond motifs is 12. The highest BCUT2D eigenvalue weighted by Crippen LogP contribution is 2.45. The van der Waals surface area contributed by atoms with E-state index in [0.29, 0.717) is 17.5 Å². The molecule has 14 rings (SSSR count). The van der Waals surface area contributed by atoms with Gasteiger partial charge in [-0.3, -0.25) is 0 Å². The molecule has 14 aromatic rings. The third-order valence-electron chi connectivity index (χ3n) is 13.6. The van der Waals surface area contributed by atoms with Crippen LogP contribution in [0.4, 0.5) is 0 Å². The van der Waals surface area contributed by atoms with Crippen molar-refractivity contribution < 1.29 is 4.42 Å². The van der Waals surface area contributed by atoms with Crippen LogP contribution in [0.15, 0.2) is 235 Å². The van der Waals surface area contributed by atoms with Gasteiger partial charge < -0.3 is 8.98 Å². The molecule has 11 aromatic carbocycles. The highest BCUT2D eigenvalue weighted by atomic mass is 16.3. The summed E-state index contributed by atoms with van der Waals surface area (Å²) in [5.41, 5.74) is 11.6. The molecule has 0 atom stereocenters. The molecular weight excluding hydrogens is 829 g/mol. The Morgan fingerprint density at radius 3 is 1.37 bits per heavy atom. The van der Waals surface area contributed by atoms with Gasteiger partial charge in [0.15, 0.2) is 17.5 Å². The third kappa shape index (κ3) is 5.99. The second-order valence-electron chi connectivity index (χ2n) is 17.5. The number of aromatic nitrogens is 4. The number of furan rings is 1. The van der Waals surface area contributed by atoms with E-state index in [2.05, 4.69) is 193 Å². The summed E-state index contributed by atoms with van der Waals surface area (Å²) in [5, 5.41) is 11.9. The first kappa shape index (κ1) is 38.1. The second-order valence-corrected chi connectivity index (χ2v) is 17.5. The minimum atomic E-state index is 0.568. The smallest absolute Gasteiger partial charge is 0.164 e. The van der Waals surface area contributed by atoms with Crippen LogP contribution in [0.2, 0.25) is 0 Å². The first-order chi connectivity index (χ1) is 33.7. The molecule has 68 heavy (non-hydrogen) atoms. The SMILES string of the molecule is c1ccc(-c2nc(-c3ccccc3)nc(-c3cc(-c4ccc5c6ccccc6c6ccccc6c5c4)ccc3-c3cc(-n4c5ccccc5c5ccccc54)cc4c3oc3ccccc34)n2)cc1. The molecule has 5 nitrogen and oxygen atoms in total. The molecule has 0 amide bonds. The van der Waals surface area contributed by atoms with Gasteiger partial charge in [-0.05, 0) is 91.5 Å². The first-order valence-corrected chi connectivity index (χ1v) is 23.0. The van der Waals surface area contributed by atoms with E-state index in [4.69, 9.17) is 19.4 Å². The maximum absolute atomic E-state index is 6.94. The summed E-state index contributed by atoms with van der Waals surface area (Å²) in [6, 6.07) is 81.7. The first-order valence-electron chi connectivity index (χ1n) is 23.0. The maximum atomic E-state index is 6.94. The predicted molar refractivity (Wildman–Crippen MR) is 281 cm³/mol. The Hall–Kier alpha value is -9.19. The topological polar surface area (TPSA) is 56.7 Å². The molecule has 0 unspecified atom stereocenters. The van der Waals surface area contributed by atoms with Gasteiger partial charge in [-0.2, -0.15) is 0 Å². The summed E-state index contributed by atoms with van der Waals surface area (Å²) in [6.45, 7) is 0. The van der Waals surface area contributed by atoms with Crippen LogP contribution in [0.25, 0.3) is 138 Å². The highest BCUT2D eigenvalue weighted by Gasteiger charge is 2.23. The zero-order chi connectivity index (χ0) is 44.7. The van der Waals surface area contributed by atoms with Crippen molar-refractivity contribution >= 4 is 76.1 Å². The highest BCUT2D eigenvalue weighted by molar-refractivity contribution is 6.26. The van der Waals surface area contributed by atoms with Crippen LogP contribution in [-0.4, -0.2) is 19.5 Å². The molecule has 0 saturated heterocycles. The van der Waals surface area contributed by atoms with E-state index in [-0.39, 0.29) is 0 Å². The van der Waals surface area contributed by atoms with Crippen molar-refractivity contribution in [2.24, 2.45) is 0 Å². The van der Waals surface area contributed by atoms with Crippen molar-refractivity contribution in [1.82, 2.24) is 19.5 Å². The Labute approximate surface area is 390 Å². The monoisotopic (exact) mass is 866 g/mol. The Kier molecular flexibility index (Phi) is 8.52. The molecule has 0 saturated carbocycles. The average molecular weight is 867 g/mol. The molecular formula is C63H38N4O. The Morgan fingerprint density at radius 1 is 0.279 bits per heavy atom. The van der Waals surface area contributed by atoms with Crippen molar-refractivity contribution in [3.05, 3.63) is 231 Å². The van der Waals surface area contributed by atoms with E-state index in [1.54, 1.807) is 0 Å². The fraction of sp³-hybridized carbons (Fsp3) is 0. The van der Waals surface area contributed by atoms with E-state index < -0.39 is 0 Å². The van der Waals surface area contributed by atoms with E-state index >= 15 is 0 Å². The van der Waals surface area contributed by atoms with Crippen molar-refractivity contribution in [1.29, 1.82) is 0 Å². The molecule has 0 N–H and O–H groups in total. The fourth-order valence-electron chi connectivity index (χ4n) is 10.5. The Balaban J connectivity index is 1.08. The average Bonchev–Trinajstić information content (AvgIpc) is 3.97. The number of hydrogen-bond donors (Lipinski definition) is 0. The second kappa shape index (κ2) is 15.2. The minimum Gasteiger partial charge on any atom is -0.455 e. The molecule has 0 bridgehead atoms. The van der Waals surface area contributed by atoms with Gasteiger partial charge in [0, 0.05) is 49.5 Å². The van der Waals surface area contributed by atoms with Crippen molar-refractivity contribution in [2.75, 3.05) is 0 Å². The molecule has 3 heterocycles. The lowest BCUT2D eigenvalue weighted by Crippen LogP contribution is -2.02.